The number of nitrogens with one attached hydrogen (secondary N) is 1. The van der Waals surface area contributed by atoms with Gasteiger partial charge in [0.2, 0.25) is 5.91 Å². The van der Waals surface area contributed by atoms with Crippen molar-refractivity contribution in [1.82, 2.24) is 9.55 Å². The molecule has 0 aliphatic heterocycles. The highest BCUT2D eigenvalue weighted by Crippen LogP contribution is 2.35. The molecule has 1 amide bonds. The number of aromatic nitrogens is 2. The Morgan fingerprint density at radius 2 is 1.84 bits per heavy atom. The molecule has 0 spiro atoms. The van der Waals surface area contributed by atoms with Gasteiger partial charge in [-0.05, 0) is 24.1 Å². The van der Waals surface area contributed by atoms with Crippen LogP contribution < -0.4 is 10.9 Å². The van der Waals surface area contributed by atoms with Crippen molar-refractivity contribution >= 4 is 67.5 Å². The number of thioether (sulfide) groups is 1. The van der Waals surface area contributed by atoms with Crippen LogP contribution in [-0.2, 0) is 20.8 Å². The second-order valence-corrected chi connectivity index (χ2v) is 10.9. The monoisotopic (exact) mass is 569 g/mol. The number of thiophene rings is 2. The second-order valence-electron chi connectivity index (χ2n) is 7.87. The van der Waals surface area contributed by atoms with E-state index in [4.69, 9.17) is 9.47 Å². The Hall–Kier alpha value is -3.74. The molecule has 0 unspecified atom stereocenters. The van der Waals surface area contributed by atoms with E-state index in [1.807, 2.05) is 36.4 Å². The predicted octanol–water partition coefficient (Wildman–Crippen LogP) is 4.98. The van der Waals surface area contributed by atoms with Crippen LogP contribution in [0.4, 0.5) is 5.00 Å². The Labute approximate surface area is 230 Å². The van der Waals surface area contributed by atoms with Crippen molar-refractivity contribution in [3.8, 4) is 10.4 Å². The summed E-state index contributed by atoms with van der Waals surface area (Å²) in [4.78, 5) is 57.0. The van der Waals surface area contributed by atoms with Crippen LogP contribution in [-0.4, -0.2) is 47.4 Å². The van der Waals surface area contributed by atoms with Crippen LogP contribution >= 0.6 is 34.4 Å². The van der Waals surface area contributed by atoms with E-state index in [1.54, 1.807) is 13.0 Å². The molecular weight excluding hydrogens is 547 g/mol. The normalized spacial score (nSPS) is 10.8. The summed E-state index contributed by atoms with van der Waals surface area (Å²) in [6.45, 7) is 5.54. The van der Waals surface area contributed by atoms with Crippen LogP contribution in [0.15, 0.2) is 59.0 Å². The zero-order valence-corrected chi connectivity index (χ0v) is 23.2. The lowest BCUT2D eigenvalue weighted by molar-refractivity contribution is -0.113. The summed E-state index contributed by atoms with van der Waals surface area (Å²) in [7, 11) is 2.45. The molecule has 38 heavy (non-hydrogen) atoms. The van der Waals surface area contributed by atoms with Gasteiger partial charge in [0.05, 0.1) is 30.9 Å². The van der Waals surface area contributed by atoms with Crippen molar-refractivity contribution in [2.75, 3.05) is 25.3 Å². The molecule has 9 nitrogen and oxygen atoms in total. The van der Waals surface area contributed by atoms with Crippen LogP contribution in [0.3, 0.4) is 0 Å². The molecule has 0 aliphatic carbocycles. The number of nitrogens with zero attached hydrogens (tertiary/aromatic N) is 2. The van der Waals surface area contributed by atoms with Gasteiger partial charge in [-0.3, -0.25) is 14.2 Å². The topological polar surface area (TPSA) is 117 Å². The molecule has 0 saturated carbocycles. The van der Waals surface area contributed by atoms with Crippen LogP contribution in [0.25, 0.3) is 20.7 Å². The standard InChI is InChI=1S/C26H23N3O6S3/c1-5-11-29-23(31)16-12-17(15-9-7-6-8-10-15)37-21(16)28-26(29)36-13-18(30)27-22-19(24(32)34-3)14(2)20(38-22)25(33)35-4/h5-10,12H,1,11,13H2,2-4H3,(H,27,30). The van der Waals surface area contributed by atoms with Crippen molar-refractivity contribution < 1.29 is 23.9 Å². The fraction of sp³-hybridized carbons (Fsp3) is 0.192. The number of anilines is 1. The summed E-state index contributed by atoms with van der Waals surface area (Å²) in [6, 6.07) is 11.5. The molecule has 0 bridgehead atoms. The molecule has 1 N–H and O–H groups in total. The minimum absolute atomic E-state index is 0.0892. The Bertz CT molecular complexity index is 1600. The minimum Gasteiger partial charge on any atom is -0.465 e. The third-order valence-corrected chi connectivity index (χ3v) is 8.72. The van der Waals surface area contributed by atoms with E-state index in [0.29, 0.717) is 20.9 Å². The number of carbonyl (C=O) groups is 3. The highest BCUT2D eigenvalue weighted by Gasteiger charge is 2.27. The number of allylic oxidation sites excluding steroid dienone is 1. The van der Waals surface area contributed by atoms with E-state index in [9.17, 15) is 19.2 Å². The van der Waals surface area contributed by atoms with E-state index in [1.165, 1.54) is 30.1 Å². The second kappa shape index (κ2) is 11.8. The van der Waals surface area contributed by atoms with Crippen molar-refractivity contribution in [3.05, 3.63) is 75.4 Å². The molecule has 0 aliphatic rings. The van der Waals surface area contributed by atoms with Crippen LogP contribution in [0.2, 0.25) is 0 Å². The number of methoxy groups -OCH3 is 2. The zero-order chi connectivity index (χ0) is 27.4. The van der Waals surface area contributed by atoms with Gasteiger partial charge in [-0.15, -0.1) is 29.3 Å². The molecule has 0 radical (unpaired) electrons. The molecule has 1 aromatic carbocycles. The number of fused-ring (bicyclic) bond motifs is 1. The van der Waals surface area contributed by atoms with Gasteiger partial charge >= 0.3 is 11.9 Å². The van der Waals surface area contributed by atoms with Crippen LogP contribution in [0.1, 0.15) is 25.6 Å². The highest BCUT2D eigenvalue weighted by molar-refractivity contribution is 7.99. The van der Waals surface area contributed by atoms with Crippen molar-refractivity contribution in [2.24, 2.45) is 0 Å². The van der Waals surface area contributed by atoms with E-state index in [2.05, 4.69) is 16.9 Å². The number of hydrogen-bond acceptors (Lipinski definition) is 10. The smallest absolute Gasteiger partial charge is 0.348 e. The number of amides is 1. The number of benzene rings is 1. The van der Waals surface area contributed by atoms with Crippen molar-refractivity contribution in [3.63, 3.8) is 0 Å². The number of esters is 2. The molecule has 0 fully saturated rings. The Morgan fingerprint density at radius 3 is 2.50 bits per heavy atom. The van der Waals surface area contributed by atoms with Gasteiger partial charge < -0.3 is 14.8 Å². The Balaban J connectivity index is 1.61. The maximum absolute atomic E-state index is 13.3. The van der Waals surface area contributed by atoms with Crippen molar-refractivity contribution in [2.45, 2.75) is 18.6 Å². The summed E-state index contributed by atoms with van der Waals surface area (Å²) in [5, 5.41) is 3.72. The molecule has 3 aromatic heterocycles. The fourth-order valence-corrected chi connectivity index (χ4v) is 6.69. The first-order valence-electron chi connectivity index (χ1n) is 11.2. The van der Waals surface area contributed by atoms with Gasteiger partial charge in [0, 0.05) is 11.4 Å². The van der Waals surface area contributed by atoms with E-state index < -0.39 is 17.8 Å². The SMILES string of the molecule is C=CCn1c(SCC(=O)Nc2sc(C(=O)OC)c(C)c2C(=O)OC)nc2sc(-c3ccccc3)cc2c1=O. The quantitative estimate of drug-likeness (QED) is 0.130. The lowest BCUT2D eigenvalue weighted by Crippen LogP contribution is -2.23. The van der Waals surface area contributed by atoms with E-state index in [0.717, 1.165) is 33.5 Å². The molecule has 196 valence electrons. The summed E-state index contributed by atoms with van der Waals surface area (Å²) in [5.74, 6) is -1.86. The maximum Gasteiger partial charge on any atom is 0.348 e. The molecule has 0 atom stereocenters. The summed E-state index contributed by atoms with van der Waals surface area (Å²) in [6.07, 6.45) is 1.59. The van der Waals surface area contributed by atoms with E-state index >= 15 is 0 Å². The molecule has 12 heteroatoms. The predicted molar refractivity (Wildman–Crippen MR) is 151 cm³/mol. The largest absolute Gasteiger partial charge is 0.465 e. The zero-order valence-electron chi connectivity index (χ0n) is 20.7. The maximum atomic E-state index is 13.3. The molecular formula is C26H23N3O6S3. The number of ether oxygens (including phenoxy) is 2. The molecule has 0 saturated heterocycles. The third-order valence-electron chi connectivity index (χ3n) is 5.48. The summed E-state index contributed by atoms with van der Waals surface area (Å²) < 4.78 is 11.1. The van der Waals surface area contributed by atoms with Crippen molar-refractivity contribution in [1.29, 1.82) is 0 Å². The number of hydrogen-bond donors (Lipinski definition) is 1. The molecule has 4 rings (SSSR count). The third kappa shape index (κ3) is 5.42. The van der Waals surface area contributed by atoms with Crippen LogP contribution in [0, 0.1) is 6.92 Å². The first-order valence-corrected chi connectivity index (χ1v) is 13.8. The van der Waals surface area contributed by atoms with Gasteiger partial charge in [0.15, 0.2) is 5.16 Å². The van der Waals surface area contributed by atoms with Gasteiger partial charge in [0.1, 0.15) is 14.7 Å². The Morgan fingerprint density at radius 1 is 1.13 bits per heavy atom. The molecule has 3 heterocycles. The van der Waals surface area contributed by atoms with Gasteiger partial charge in [0.25, 0.3) is 5.56 Å². The number of carbonyl (C=O) groups excluding carboxylic acids is 3. The van der Waals surface area contributed by atoms with Gasteiger partial charge in [-0.25, -0.2) is 14.6 Å². The Kier molecular flexibility index (Phi) is 8.45. The lowest BCUT2D eigenvalue weighted by Gasteiger charge is -2.10. The first-order chi connectivity index (χ1) is 18.3. The summed E-state index contributed by atoms with van der Waals surface area (Å²) >= 11 is 3.42. The summed E-state index contributed by atoms with van der Waals surface area (Å²) in [5.41, 5.74) is 1.21. The average Bonchev–Trinajstić information content (AvgIpc) is 3.50. The lowest BCUT2D eigenvalue weighted by atomic mass is 10.1. The fourth-order valence-electron chi connectivity index (χ4n) is 3.67. The van der Waals surface area contributed by atoms with Gasteiger partial charge in [-0.2, -0.15) is 0 Å². The average molecular weight is 570 g/mol. The van der Waals surface area contributed by atoms with Gasteiger partial charge in [-0.1, -0.05) is 48.2 Å². The first kappa shape index (κ1) is 27.3. The minimum atomic E-state index is -0.685. The van der Waals surface area contributed by atoms with E-state index in [-0.39, 0.29) is 33.3 Å². The number of rotatable bonds is 9. The highest BCUT2D eigenvalue weighted by atomic mass is 32.2. The van der Waals surface area contributed by atoms with Crippen LogP contribution in [0.5, 0.6) is 0 Å². The molecule has 4 aromatic rings.